The Balaban J connectivity index is 1.49. The molecule has 0 spiro atoms. The van der Waals surface area contributed by atoms with Gasteiger partial charge in [0, 0.05) is 43.1 Å². The number of nitrogens with zero attached hydrogens (tertiary/aromatic N) is 3. The van der Waals surface area contributed by atoms with E-state index in [0.29, 0.717) is 47.9 Å². The Morgan fingerprint density at radius 2 is 1.79 bits per heavy atom. The van der Waals surface area contributed by atoms with Gasteiger partial charge in [-0.25, -0.2) is 9.07 Å². The zero-order valence-corrected chi connectivity index (χ0v) is 19.9. The lowest BCUT2D eigenvalue weighted by Crippen LogP contribution is -2.41. The molecule has 0 aliphatic carbocycles. The third-order valence-corrected chi connectivity index (χ3v) is 6.24. The molecule has 1 aromatic heterocycles. The van der Waals surface area contributed by atoms with Crippen LogP contribution in [-0.4, -0.2) is 34.7 Å². The summed E-state index contributed by atoms with van der Waals surface area (Å²) < 4.78 is 15.6. The van der Waals surface area contributed by atoms with E-state index in [2.05, 4.69) is 20.6 Å². The average Bonchev–Trinajstić information content (AvgIpc) is 3.14. The van der Waals surface area contributed by atoms with Crippen molar-refractivity contribution in [3.63, 3.8) is 0 Å². The molecule has 2 heterocycles. The zero-order chi connectivity index (χ0) is 24.2. The second-order valence-electron chi connectivity index (χ2n) is 8.42. The number of halogens is 2. The summed E-state index contributed by atoms with van der Waals surface area (Å²) in [7, 11) is 0. The van der Waals surface area contributed by atoms with Gasteiger partial charge < -0.3 is 15.5 Å². The second-order valence-corrected chi connectivity index (χ2v) is 8.86. The van der Waals surface area contributed by atoms with Crippen molar-refractivity contribution in [1.29, 1.82) is 0 Å². The van der Waals surface area contributed by atoms with Gasteiger partial charge in [-0.2, -0.15) is 5.10 Å². The van der Waals surface area contributed by atoms with E-state index in [4.69, 9.17) is 11.6 Å². The number of rotatable bonds is 6. The molecule has 9 heteroatoms. The highest BCUT2D eigenvalue weighted by Crippen LogP contribution is 2.35. The first-order valence-electron chi connectivity index (χ1n) is 11.2. The first-order chi connectivity index (χ1) is 16.3. The predicted octanol–water partition coefficient (Wildman–Crippen LogP) is 4.46. The van der Waals surface area contributed by atoms with E-state index in [9.17, 15) is 14.0 Å². The fourth-order valence-corrected chi connectivity index (χ4v) is 4.34. The van der Waals surface area contributed by atoms with Gasteiger partial charge in [0.15, 0.2) is 5.82 Å². The molecule has 2 amide bonds. The SMILES string of the molecule is CC(=O)Nc1c(C)nn(-c2ccc(Cl)cc2)c1N1CCC(C(=O)NCc2ccccc2F)CC1. The summed E-state index contributed by atoms with van der Waals surface area (Å²) in [6.45, 7) is 4.71. The number of anilines is 2. The maximum Gasteiger partial charge on any atom is 0.223 e. The highest BCUT2D eigenvalue weighted by atomic mass is 35.5. The van der Waals surface area contributed by atoms with Crippen LogP contribution in [0.15, 0.2) is 48.5 Å². The Bertz CT molecular complexity index is 1190. The van der Waals surface area contributed by atoms with Gasteiger partial charge in [-0.15, -0.1) is 0 Å². The number of hydrogen-bond acceptors (Lipinski definition) is 4. The van der Waals surface area contributed by atoms with Gasteiger partial charge in [-0.3, -0.25) is 9.59 Å². The Morgan fingerprint density at radius 3 is 2.44 bits per heavy atom. The minimum Gasteiger partial charge on any atom is -0.355 e. The molecular formula is C25H27ClFN5O2. The lowest BCUT2D eigenvalue weighted by Gasteiger charge is -2.33. The molecule has 3 aromatic rings. The van der Waals surface area contributed by atoms with Crippen molar-refractivity contribution < 1.29 is 14.0 Å². The van der Waals surface area contributed by atoms with E-state index in [-0.39, 0.29) is 30.1 Å². The molecule has 2 N–H and O–H groups in total. The molecule has 0 radical (unpaired) electrons. The lowest BCUT2D eigenvalue weighted by atomic mass is 9.95. The molecule has 1 fully saturated rings. The number of hydrogen-bond donors (Lipinski definition) is 2. The summed E-state index contributed by atoms with van der Waals surface area (Å²) in [6, 6.07) is 13.8. The van der Waals surface area contributed by atoms with Crippen molar-refractivity contribution in [2.24, 2.45) is 5.92 Å². The summed E-state index contributed by atoms with van der Waals surface area (Å²) in [5.41, 5.74) is 2.65. The molecule has 4 rings (SSSR count). The Kier molecular flexibility index (Phi) is 7.17. The summed E-state index contributed by atoms with van der Waals surface area (Å²) in [4.78, 5) is 26.7. The summed E-state index contributed by atoms with van der Waals surface area (Å²) >= 11 is 6.06. The van der Waals surface area contributed by atoms with Crippen LogP contribution < -0.4 is 15.5 Å². The largest absolute Gasteiger partial charge is 0.355 e. The fourth-order valence-electron chi connectivity index (χ4n) is 4.21. The van der Waals surface area contributed by atoms with Crippen LogP contribution in [0.1, 0.15) is 31.0 Å². The molecule has 1 aliphatic rings. The van der Waals surface area contributed by atoms with Crippen LogP contribution in [0.3, 0.4) is 0 Å². The number of nitrogens with one attached hydrogen (secondary N) is 2. The fraction of sp³-hybridized carbons (Fsp3) is 0.320. The molecule has 1 aliphatic heterocycles. The zero-order valence-electron chi connectivity index (χ0n) is 19.1. The molecule has 0 bridgehead atoms. The first kappa shape index (κ1) is 23.8. The van der Waals surface area contributed by atoms with E-state index >= 15 is 0 Å². The van der Waals surface area contributed by atoms with Crippen molar-refractivity contribution in [3.05, 3.63) is 70.6 Å². The van der Waals surface area contributed by atoms with E-state index in [0.717, 1.165) is 11.5 Å². The normalized spacial score (nSPS) is 14.2. The number of carbonyl (C=O) groups is 2. The summed E-state index contributed by atoms with van der Waals surface area (Å²) in [6.07, 6.45) is 1.26. The minimum atomic E-state index is -0.325. The average molecular weight is 484 g/mol. The van der Waals surface area contributed by atoms with Gasteiger partial charge in [0.25, 0.3) is 0 Å². The van der Waals surface area contributed by atoms with Crippen molar-refractivity contribution >= 4 is 34.9 Å². The highest BCUT2D eigenvalue weighted by molar-refractivity contribution is 6.30. The molecule has 7 nitrogen and oxygen atoms in total. The van der Waals surface area contributed by atoms with Crippen molar-refractivity contribution in [2.75, 3.05) is 23.3 Å². The monoisotopic (exact) mass is 483 g/mol. The second kappa shape index (κ2) is 10.3. The summed E-state index contributed by atoms with van der Waals surface area (Å²) in [5.74, 6) is 0.0317. The van der Waals surface area contributed by atoms with Crippen molar-refractivity contribution in [2.45, 2.75) is 33.2 Å². The Labute approximate surface area is 202 Å². The number of aryl methyl sites for hydroxylation is 1. The third kappa shape index (κ3) is 5.22. The number of benzene rings is 2. The van der Waals surface area contributed by atoms with E-state index < -0.39 is 0 Å². The lowest BCUT2D eigenvalue weighted by molar-refractivity contribution is -0.125. The quantitative estimate of drug-likeness (QED) is 0.542. The van der Waals surface area contributed by atoms with E-state index in [1.165, 1.54) is 13.0 Å². The topological polar surface area (TPSA) is 79.3 Å². The van der Waals surface area contributed by atoms with Crippen LogP contribution in [-0.2, 0) is 16.1 Å². The van der Waals surface area contributed by atoms with Gasteiger partial charge >= 0.3 is 0 Å². The van der Waals surface area contributed by atoms with Gasteiger partial charge in [0.2, 0.25) is 11.8 Å². The van der Waals surface area contributed by atoms with Gasteiger partial charge in [0.05, 0.1) is 11.4 Å². The maximum atomic E-state index is 13.8. The number of carbonyl (C=O) groups excluding carboxylic acids is 2. The first-order valence-corrected chi connectivity index (χ1v) is 11.6. The van der Waals surface area contributed by atoms with Gasteiger partial charge in [0.1, 0.15) is 11.5 Å². The van der Waals surface area contributed by atoms with Crippen LogP contribution in [0, 0.1) is 18.7 Å². The molecule has 178 valence electrons. The molecular weight excluding hydrogens is 457 g/mol. The molecule has 34 heavy (non-hydrogen) atoms. The van der Waals surface area contributed by atoms with Crippen LogP contribution >= 0.6 is 11.6 Å². The van der Waals surface area contributed by atoms with Crippen LogP contribution in [0.5, 0.6) is 0 Å². The minimum absolute atomic E-state index is 0.0765. The molecule has 0 atom stereocenters. The maximum absolute atomic E-state index is 13.8. The standard InChI is InChI=1S/C25H27ClFN5O2/c1-16-23(29-17(2)33)25(32(30-16)21-9-7-20(26)8-10-21)31-13-11-18(12-14-31)24(34)28-15-19-5-3-4-6-22(19)27/h3-10,18H,11-15H2,1-2H3,(H,28,34)(H,29,33). The van der Waals surface area contributed by atoms with E-state index in [1.807, 2.05) is 19.1 Å². The summed E-state index contributed by atoms with van der Waals surface area (Å²) in [5, 5.41) is 11.1. The van der Waals surface area contributed by atoms with E-state index in [1.54, 1.807) is 35.0 Å². The van der Waals surface area contributed by atoms with Crippen LogP contribution in [0.25, 0.3) is 5.69 Å². The van der Waals surface area contributed by atoms with Crippen molar-refractivity contribution in [3.8, 4) is 5.69 Å². The Hall–Kier alpha value is -3.39. The smallest absolute Gasteiger partial charge is 0.223 e. The molecule has 1 saturated heterocycles. The van der Waals surface area contributed by atoms with Crippen molar-refractivity contribution in [1.82, 2.24) is 15.1 Å². The molecule has 0 unspecified atom stereocenters. The number of amides is 2. The predicted molar refractivity (Wildman–Crippen MR) is 131 cm³/mol. The van der Waals surface area contributed by atoms with Gasteiger partial charge in [-0.05, 0) is 50.1 Å². The highest BCUT2D eigenvalue weighted by Gasteiger charge is 2.30. The van der Waals surface area contributed by atoms with Gasteiger partial charge in [-0.1, -0.05) is 29.8 Å². The molecule has 2 aromatic carbocycles. The van der Waals surface area contributed by atoms with Crippen LogP contribution in [0.2, 0.25) is 5.02 Å². The molecule has 0 saturated carbocycles. The number of piperidine rings is 1. The number of aromatic nitrogens is 2. The third-order valence-electron chi connectivity index (χ3n) is 5.98. The Morgan fingerprint density at radius 1 is 1.12 bits per heavy atom. The van der Waals surface area contributed by atoms with Crippen LogP contribution in [0.4, 0.5) is 15.9 Å².